The highest BCUT2D eigenvalue weighted by atomic mass is 79.9. The molecule has 0 saturated carbocycles. The van der Waals surface area contributed by atoms with Crippen LogP contribution in [0.5, 0.6) is 0 Å². The van der Waals surface area contributed by atoms with Gasteiger partial charge in [0.1, 0.15) is 5.82 Å². The van der Waals surface area contributed by atoms with Gasteiger partial charge in [0.05, 0.1) is 4.47 Å². The van der Waals surface area contributed by atoms with Crippen molar-refractivity contribution < 1.29 is 4.39 Å². The van der Waals surface area contributed by atoms with Gasteiger partial charge in [-0.3, -0.25) is 0 Å². The van der Waals surface area contributed by atoms with Gasteiger partial charge in [0.25, 0.3) is 0 Å². The normalized spacial score (nSPS) is 11.8. The predicted octanol–water partition coefficient (Wildman–Crippen LogP) is 2.78. The highest BCUT2D eigenvalue weighted by Crippen LogP contribution is 2.27. The van der Waals surface area contributed by atoms with Crippen molar-refractivity contribution in [2.24, 2.45) is 5.73 Å². The summed E-state index contributed by atoms with van der Waals surface area (Å²) >= 11 is 3.16. The Kier molecular flexibility index (Phi) is 2.54. The Morgan fingerprint density at radius 3 is 2.42 bits per heavy atom. The van der Waals surface area contributed by atoms with Gasteiger partial charge in [0, 0.05) is 5.54 Å². The molecule has 0 spiro atoms. The van der Waals surface area contributed by atoms with Gasteiger partial charge < -0.3 is 5.73 Å². The summed E-state index contributed by atoms with van der Waals surface area (Å²) in [5, 5.41) is 0. The number of nitrogens with two attached hydrogens (primary N) is 1. The van der Waals surface area contributed by atoms with Gasteiger partial charge in [0.2, 0.25) is 0 Å². The topological polar surface area (TPSA) is 26.0 Å². The van der Waals surface area contributed by atoms with Gasteiger partial charge in [-0.05, 0) is 41.4 Å². The molecule has 0 unspecified atom stereocenters. The molecule has 0 atom stereocenters. The van der Waals surface area contributed by atoms with Crippen LogP contribution in [0.3, 0.4) is 0 Å². The molecule has 3 heteroatoms. The summed E-state index contributed by atoms with van der Waals surface area (Å²) in [5.41, 5.74) is 6.10. The first-order valence-corrected chi connectivity index (χ1v) is 4.45. The second-order valence-electron chi connectivity index (χ2n) is 3.32. The van der Waals surface area contributed by atoms with Crippen LogP contribution in [0.25, 0.3) is 0 Å². The number of benzene rings is 1. The molecule has 0 fully saturated rings. The lowest BCUT2D eigenvalue weighted by Crippen LogP contribution is -2.29. The molecular formula is C9H11BrFN. The first-order valence-electron chi connectivity index (χ1n) is 3.66. The van der Waals surface area contributed by atoms with Crippen molar-refractivity contribution >= 4 is 15.9 Å². The molecule has 12 heavy (non-hydrogen) atoms. The highest BCUT2D eigenvalue weighted by molar-refractivity contribution is 9.10. The van der Waals surface area contributed by atoms with Crippen LogP contribution in [-0.4, -0.2) is 0 Å². The molecule has 0 aliphatic rings. The third-order valence-electron chi connectivity index (χ3n) is 1.65. The average molecular weight is 232 g/mol. The standard InChI is InChI=1S/C9H11BrFN/c1-9(2,12)6-4-3-5-7(11)8(6)10/h3-5H,12H2,1-2H3. The van der Waals surface area contributed by atoms with Crippen LogP contribution in [0.1, 0.15) is 19.4 Å². The molecule has 0 amide bonds. The molecule has 0 aromatic heterocycles. The zero-order valence-electron chi connectivity index (χ0n) is 7.07. The van der Waals surface area contributed by atoms with Crippen molar-refractivity contribution in [3.8, 4) is 0 Å². The van der Waals surface area contributed by atoms with E-state index in [1.54, 1.807) is 6.07 Å². The van der Waals surface area contributed by atoms with Crippen molar-refractivity contribution in [3.05, 3.63) is 34.1 Å². The lowest BCUT2D eigenvalue weighted by atomic mass is 9.96. The Balaban J connectivity index is 3.26. The van der Waals surface area contributed by atoms with Crippen molar-refractivity contribution in [3.63, 3.8) is 0 Å². The maximum absolute atomic E-state index is 13.0. The van der Waals surface area contributed by atoms with Crippen LogP contribution in [0, 0.1) is 5.82 Å². The number of halogens is 2. The third kappa shape index (κ3) is 1.84. The molecule has 2 N–H and O–H groups in total. The van der Waals surface area contributed by atoms with Crippen molar-refractivity contribution in [2.75, 3.05) is 0 Å². The molecule has 1 nitrogen and oxygen atoms in total. The molecule has 0 aliphatic carbocycles. The van der Waals surface area contributed by atoms with Crippen LogP contribution in [0.2, 0.25) is 0 Å². The molecule has 66 valence electrons. The van der Waals surface area contributed by atoms with Gasteiger partial charge in [-0.1, -0.05) is 12.1 Å². The largest absolute Gasteiger partial charge is 0.322 e. The van der Waals surface area contributed by atoms with Gasteiger partial charge in [-0.25, -0.2) is 4.39 Å². The van der Waals surface area contributed by atoms with Gasteiger partial charge in [0.15, 0.2) is 0 Å². The maximum Gasteiger partial charge on any atom is 0.137 e. The van der Waals surface area contributed by atoms with Crippen LogP contribution >= 0.6 is 15.9 Å². The van der Waals surface area contributed by atoms with E-state index in [4.69, 9.17) is 5.73 Å². The zero-order valence-corrected chi connectivity index (χ0v) is 8.65. The van der Waals surface area contributed by atoms with Crippen LogP contribution < -0.4 is 5.73 Å². The zero-order chi connectivity index (χ0) is 9.35. The van der Waals surface area contributed by atoms with Gasteiger partial charge in [-0.2, -0.15) is 0 Å². The molecule has 0 radical (unpaired) electrons. The van der Waals surface area contributed by atoms with Crippen molar-refractivity contribution in [1.29, 1.82) is 0 Å². The minimum absolute atomic E-state index is 0.272. The van der Waals surface area contributed by atoms with Crippen LogP contribution in [0.15, 0.2) is 22.7 Å². The van der Waals surface area contributed by atoms with E-state index < -0.39 is 5.54 Å². The van der Waals surface area contributed by atoms with Crippen LogP contribution in [-0.2, 0) is 5.54 Å². The van der Waals surface area contributed by atoms with E-state index in [0.29, 0.717) is 4.47 Å². The van der Waals surface area contributed by atoms with E-state index in [-0.39, 0.29) is 5.82 Å². The van der Waals surface area contributed by atoms with Crippen molar-refractivity contribution in [1.82, 2.24) is 0 Å². The average Bonchev–Trinajstić information content (AvgIpc) is 1.92. The van der Waals surface area contributed by atoms with Gasteiger partial charge in [-0.15, -0.1) is 0 Å². The maximum atomic E-state index is 13.0. The Hall–Kier alpha value is -0.410. The Morgan fingerprint density at radius 1 is 1.42 bits per heavy atom. The lowest BCUT2D eigenvalue weighted by Gasteiger charge is -2.20. The quantitative estimate of drug-likeness (QED) is 0.791. The fourth-order valence-electron chi connectivity index (χ4n) is 1.00. The fraction of sp³-hybridized carbons (Fsp3) is 0.333. The molecule has 0 heterocycles. The Labute approximate surface area is 79.9 Å². The summed E-state index contributed by atoms with van der Waals surface area (Å²) in [6.07, 6.45) is 0. The summed E-state index contributed by atoms with van der Waals surface area (Å²) in [7, 11) is 0. The SMILES string of the molecule is CC(C)(N)c1cccc(F)c1Br. The Morgan fingerprint density at radius 2 is 2.00 bits per heavy atom. The number of hydrogen-bond donors (Lipinski definition) is 1. The molecule has 1 aromatic carbocycles. The summed E-state index contributed by atoms with van der Waals surface area (Å²) in [5.74, 6) is -0.272. The summed E-state index contributed by atoms with van der Waals surface area (Å²) in [6.45, 7) is 3.68. The summed E-state index contributed by atoms with van der Waals surface area (Å²) < 4.78 is 13.5. The van der Waals surface area contributed by atoms with E-state index in [1.807, 2.05) is 19.9 Å². The number of hydrogen-bond acceptors (Lipinski definition) is 1. The summed E-state index contributed by atoms with van der Waals surface area (Å²) in [4.78, 5) is 0. The van der Waals surface area contributed by atoms with E-state index in [1.165, 1.54) is 6.07 Å². The second kappa shape index (κ2) is 3.15. The van der Waals surface area contributed by atoms with E-state index >= 15 is 0 Å². The minimum Gasteiger partial charge on any atom is -0.322 e. The second-order valence-corrected chi connectivity index (χ2v) is 4.12. The van der Waals surface area contributed by atoms with Gasteiger partial charge >= 0.3 is 0 Å². The fourth-order valence-corrected chi connectivity index (χ4v) is 1.78. The van der Waals surface area contributed by atoms with Crippen molar-refractivity contribution in [2.45, 2.75) is 19.4 Å². The number of rotatable bonds is 1. The predicted molar refractivity (Wildman–Crippen MR) is 51.3 cm³/mol. The van der Waals surface area contributed by atoms with E-state index in [9.17, 15) is 4.39 Å². The lowest BCUT2D eigenvalue weighted by molar-refractivity contribution is 0.538. The van der Waals surface area contributed by atoms with Crippen LogP contribution in [0.4, 0.5) is 4.39 Å². The molecule has 1 aromatic rings. The summed E-state index contributed by atoms with van der Waals surface area (Å²) in [6, 6.07) is 4.87. The van der Waals surface area contributed by atoms with E-state index in [0.717, 1.165) is 5.56 Å². The highest BCUT2D eigenvalue weighted by Gasteiger charge is 2.18. The first kappa shape index (κ1) is 9.68. The Bertz CT molecular complexity index is 291. The molecular weight excluding hydrogens is 221 g/mol. The molecule has 0 bridgehead atoms. The van der Waals surface area contributed by atoms with E-state index in [2.05, 4.69) is 15.9 Å². The smallest absolute Gasteiger partial charge is 0.137 e. The molecule has 0 aliphatic heterocycles. The molecule has 0 saturated heterocycles. The first-order chi connectivity index (χ1) is 5.43. The monoisotopic (exact) mass is 231 g/mol. The minimum atomic E-state index is -0.513. The third-order valence-corrected chi connectivity index (χ3v) is 2.45. The molecule has 1 rings (SSSR count).